The van der Waals surface area contributed by atoms with Gasteiger partial charge in [0.25, 0.3) is 0 Å². The molecule has 2 aromatic carbocycles. The Morgan fingerprint density at radius 1 is 0.600 bits per heavy atom. The van der Waals surface area contributed by atoms with Gasteiger partial charge in [0.2, 0.25) is 0 Å². The van der Waals surface area contributed by atoms with Crippen LogP contribution in [0.1, 0.15) is 25.7 Å². The molecule has 20 heavy (non-hydrogen) atoms. The van der Waals surface area contributed by atoms with Crippen molar-refractivity contribution in [3.63, 3.8) is 0 Å². The van der Waals surface area contributed by atoms with E-state index in [-0.39, 0.29) is 0 Å². The lowest BCUT2D eigenvalue weighted by molar-refractivity contribution is 0.424. The van der Waals surface area contributed by atoms with Gasteiger partial charge >= 0.3 is 0 Å². The van der Waals surface area contributed by atoms with Crippen molar-refractivity contribution >= 4 is 11.4 Å². The van der Waals surface area contributed by atoms with E-state index >= 15 is 0 Å². The van der Waals surface area contributed by atoms with E-state index in [1.807, 2.05) is 0 Å². The van der Waals surface area contributed by atoms with Gasteiger partial charge in [-0.25, -0.2) is 0 Å². The highest BCUT2D eigenvalue weighted by atomic mass is 15.0. The van der Waals surface area contributed by atoms with Crippen LogP contribution in [0, 0.1) is 0 Å². The highest BCUT2D eigenvalue weighted by Gasteiger charge is 2.24. The molecule has 1 fully saturated rings. The maximum absolute atomic E-state index is 3.69. The maximum Gasteiger partial charge on any atom is 0.0462 e. The van der Waals surface area contributed by atoms with Crippen LogP contribution in [-0.2, 0) is 0 Å². The first kappa shape index (κ1) is 13.0. The molecule has 2 aromatic rings. The molecule has 104 valence electrons. The molecule has 0 heterocycles. The van der Waals surface area contributed by atoms with Gasteiger partial charge in [-0.15, -0.1) is 0 Å². The first-order valence-corrected chi connectivity index (χ1v) is 7.55. The van der Waals surface area contributed by atoms with Crippen LogP contribution in [0.25, 0.3) is 0 Å². The first-order valence-electron chi connectivity index (χ1n) is 7.55. The lowest BCUT2D eigenvalue weighted by Crippen LogP contribution is -2.41. The second-order valence-electron chi connectivity index (χ2n) is 5.52. The molecule has 1 aliphatic rings. The van der Waals surface area contributed by atoms with Crippen LogP contribution in [0.5, 0.6) is 0 Å². The third-order valence-electron chi connectivity index (χ3n) is 4.02. The largest absolute Gasteiger partial charge is 0.380 e. The Hall–Kier alpha value is -1.96. The third-order valence-corrected chi connectivity index (χ3v) is 4.02. The van der Waals surface area contributed by atoms with Crippen LogP contribution in [0.3, 0.4) is 0 Å². The van der Waals surface area contributed by atoms with Crippen LogP contribution in [-0.4, -0.2) is 12.1 Å². The summed E-state index contributed by atoms with van der Waals surface area (Å²) in [5, 5.41) is 7.38. The van der Waals surface area contributed by atoms with Crippen molar-refractivity contribution in [2.24, 2.45) is 0 Å². The van der Waals surface area contributed by atoms with Crippen LogP contribution in [0.15, 0.2) is 60.7 Å². The Bertz CT molecular complexity index is 460. The van der Waals surface area contributed by atoms with Gasteiger partial charge in [0.05, 0.1) is 0 Å². The van der Waals surface area contributed by atoms with Crippen molar-refractivity contribution in [1.29, 1.82) is 0 Å². The molecule has 0 unspecified atom stereocenters. The Balaban J connectivity index is 1.68. The summed E-state index contributed by atoms with van der Waals surface area (Å²) in [6.07, 6.45) is 5.10. The average molecular weight is 266 g/mol. The molecule has 0 radical (unpaired) electrons. The molecule has 2 N–H and O–H groups in total. The summed E-state index contributed by atoms with van der Waals surface area (Å²) < 4.78 is 0. The second-order valence-corrected chi connectivity index (χ2v) is 5.52. The first-order chi connectivity index (χ1) is 9.92. The Kier molecular flexibility index (Phi) is 4.22. The second kappa shape index (κ2) is 6.47. The lowest BCUT2D eigenvalue weighted by atomic mass is 9.90. The summed E-state index contributed by atoms with van der Waals surface area (Å²) >= 11 is 0. The molecule has 3 rings (SSSR count). The molecule has 0 spiro atoms. The normalized spacial score (nSPS) is 22.2. The molecule has 0 aromatic heterocycles. The molecule has 2 nitrogen and oxygen atoms in total. The van der Waals surface area contributed by atoms with Crippen molar-refractivity contribution in [2.45, 2.75) is 37.8 Å². The predicted molar refractivity (Wildman–Crippen MR) is 86.2 cm³/mol. The van der Waals surface area contributed by atoms with Gasteiger partial charge < -0.3 is 10.6 Å². The van der Waals surface area contributed by atoms with E-state index in [0.717, 1.165) is 0 Å². The molecule has 1 aliphatic carbocycles. The van der Waals surface area contributed by atoms with Gasteiger partial charge in [-0.1, -0.05) is 49.2 Å². The summed E-state index contributed by atoms with van der Waals surface area (Å²) in [6.45, 7) is 0. The van der Waals surface area contributed by atoms with Gasteiger partial charge in [0.1, 0.15) is 0 Å². The smallest absolute Gasteiger partial charge is 0.0462 e. The number of rotatable bonds is 4. The number of hydrogen-bond donors (Lipinski definition) is 2. The fraction of sp³-hybridized carbons (Fsp3) is 0.333. The van der Waals surface area contributed by atoms with Crippen molar-refractivity contribution in [1.82, 2.24) is 0 Å². The van der Waals surface area contributed by atoms with Crippen LogP contribution < -0.4 is 10.6 Å². The minimum Gasteiger partial charge on any atom is -0.380 e. The van der Waals surface area contributed by atoms with E-state index in [0.29, 0.717) is 12.1 Å². The van der Waals surface area contributed by atoms with Crippen LogP contribution in [0.2, 0.25) is 0 Å². The Morgan fingerprint density at radius 3 is 1.40 bits per heavy atom. The zero-order chi connectivity index (χ0) is 13.6. The summed E-state index contributed by atoms with van der Waals surface area (Å²) in [4.78, 5) is 0. The molecule has 2 heteroatoms. The summed E-state index contributed by atoms with van der Waals surface area (Å²) in [6, 6.07) is 22.1. The SMILES string of the molecule is c1ccc(N[C@H]2CCCC[C@@H]2Nc2ccccc2)cc1. The highest BCUT2D eigenvalue weighted by Crippen LogP contribution is 2.25. The van der Waals surface area contributed by atoms with E-state index in [2.05, 4.69) is 71.3 Å². The Morgan fingerprint density at radius 2 is 1.00 bits per heavy atom. The fourth-order valence-corrected chi connectivity index (χ4v) is 2.97. The molecule has 0 saturated heterocycles. The van der Waals surface area contributed by atoms with E-state index in [9.17, 15) is 0 Å². The van der Waals surface area contributed by atoms with Gasteiger partial charge in [-0.2, -0.15) is 0 Å². The lowest BCUT2D eigenvalue weighted by Gasteiger charge is -2.34. The number of hydrogen-bond acceptors (Lipinski definition) is 2. The zero-order valence-electron chi connectivity index (χ0n) is 11.8. The molecular weight excluding hydrogens is 244 g/mol. The van der Waals surface area contributed by atoms with E-state index in [1.54, 1.807) is 0 Å². The van der Waals surface area contributed by atoms with E-state index < -0.39 is 0 Å². The van der Waals surface area contributed by atoms with E-state index in [4.69, 9.17) is 0 Å². The standard InChI is InChI=1S/C18H22N2/c1-3-9-15(10-4-1)19-17-13-7-8-14-18(17)20-16-11-5-2-6-12-16/h1-6,9-12,17-20H,7-8,13-14H2/t17-,18-/m0/s1. The number of benzene rings is 2. The summed E-state index contributed by atoms with van der Waals surface area (Å²) in [5.41, 5.74) is 2.44. The maximum atomic E-state index is 3.69. The number of para-hydroxylation sites is 2. The fourth-order valence-electron chi connectivity index (χ4n) is 2.97. The van der Waals surface area contributed by atoms with Crippen molar-refractivity contribution in [3.8, 4) is 0 Å². The van der Waals surface area contributed by atoms with E-state index in [1.165, 1.54) is 37.1 Å². The third kappa shape index (κ3) is 3.32. The number of nitrogens with one attached hydrogen (secondary N) is 2. The summed E-state index contributed by atoms with van der Waals surface area (Å²) in [7, 11) is 0. The number of anilines is 2. The van der Waals surface area contributed by atoms with Crippen LogP contribution in [0.4, 0.5) is 11.4 Å². The zero-order valence-corrected chi connectivity index (χ0v) is 11.8. The summed E-state index contributed by atoms with van der Waals surface area (Å²) in [5.74, 6) is 0. The minimum absolute atomic E-state index is 0.506. The molecule has 1 saturated carbocycles. The van der Waals surface area contributed by atoms with Crippen molar-refractivity contribution in [3.05, 3.63) is 60.7 Å². The van der Waals surface area contributed by atoms with Gasteiger partial charge in [-0.3, -0.25) is 0 Å². The minimum atomic E-state index is 0.506. The molecular formula is C18H22N2. The molecule has 0 amide bonds. The molecule has 0 bridgehead atoms. The van der Waals surface area contributed by atoms with Crippen molar-refractivity contribution < 1.29 is 0 Å². The monoisotopic (exact) mass is 266 g/mol. The highest BCUT2D eigenvalue weighted by molar-refractivity contribution is 5.47. The van der Waals surface area contributed by atoms with Crippen molar-refractivity contribution in [2.75, 3.05) is 10.6 Å². The Labute approximate surface area is 121 Å². The predicted octanol–water partition coefficient (Wildman–Crippen LogP) is 4.52. The molecule has 2 atom stereocenters. The van der Waals surface area contributed by atoms with Gasteiger partial charge in [-0.05, 0) is 37.1 Å². The molecule has 0 aliphatic heterocycles. The quantitative estimate of drug-likeness (QED) is 0.850. The topological polar surface area (TPSA) is 24.1 Å². The van der Waals surface area contributed by atoms with Crippen LogP contribution >= 0.6 is 0 Å². The average Bonchev–Trinajstić information content (AvgIpc) is 2.51. The van der Waals surface area contributed by atoms with Gasteiger partial charge in [0, 0.05) is 23.5 Å². The van der Waals surface area contributed by atoms with Gasteiger partial charge in [0.15, 0.2) is 0 Å².